The summed E-state index contributed by atoms with van der Waals surface area (Å²) in [5.74, 6) is 0. The van der Waals surface area contributed by atoms with Crippen LogP contribution < -0.4 is 11.2 Å². The van der Waals surface area contributed by atoms with Crippen molar-refractivity contribution in [1.29, 1.82) is 0 Å². The summed E-state index contributed by atoms with van der Waals surface area (Å²) in [5, 5.41) is 9.84. The predicted octanol–water partition coefficient (Wildman–Crippen LogP) is -1.14. The van der Waals surface area contributed by atoms with Gasteiger partial charge in [-0.15, -0.1) is 0 Å². The first-order chi connectivity index (χ1) is 10.2. The van der Waals surface area contributed by atoms with E-state index in [2.05, 4.69) is 9.51 Å². The van der Waals surface area contributed by atoms with Crippen molar-refractivity contribution >= 4 is 7.82 Å². The van der Waals surface area contributed by atoms with Crippen LogP contribution in [0.2, 0.25) is 0 Å². The maximum atomic E-state index is 11.8. The summed E-state index contributed by atoms with van der Waals surface area (Å²) in [7, 11) is -4.67. The lowest BCUT2D eigenvalue weighted by Gasteiger charge is -2.16. The molecule has 0 radical (unpaired) electrons. The second-order valence-electron chi connectivity index (χ2n) is 4.89. The zero-order valence-corrected chi connectivity index (χ0v) is 12.6. The lowest BCUT2D eigenvalue weighted by molar-refractivity contribution is -0.0451. The molecule has 0 aromatic carbocycles. The van der Waals surface area contributed by atoms with Crippen LogP contribution in [-0.2, 0) is 20.2 Å². The molecule has 1 saturated heterocycles. The molecule has 0 bridgehead atoms. The number of H-pyrrole nitrogens is 1. The minimum absolute atomic E-state index is 0.0320. The number of rotatable bonds is 5. The van der Waals surface area contributed by atoms with Crippen LogP contribution in [0.25, 0.3) is 0 Å². The number of aliphatic hydroxyl groups excluding tert-OH is 1. The predicted molar refractivity (Wildman–Crippen MR) is 73.2 cm³/mol. The van der Waals surface area contributed by atoms with Crippen LogP contribution in [0.5, 0.6) is 0 Å². The molecule has 0 spiro atoms. The lowest BCUT2D eigenvalue weighted by Crippen LogP contribution is -2.34. The monoisotopic (exact) mass is 336 g/mol. The number of phosphoric acid groups is 1. The van der Waals surface area contributed by atoms with E-state index in [9.17, 15) is 19.3 Å². The van der Waals surface area contributed by atoms with Crippen molar-refractivity contribution in [3.8, 4) is 0 Å². The Labute approximate surface area is 124 Å². The number of hydrogen-bond donors (Lipinski definition) is 4. The second kappa shape index (κ2) is 6.45. The van der Waals surface area contributed by atoms with E-state index in [-0.39, 0.29) is 6.42 Å². The Morgan fingerprint density at radius 1 is 1.50 bits per heavy atom. The molecule has 4 N–H and O–H groups in total. The standard InChI is InChI=1S/C11H17N2O8P/c1-2-6-4-13(11(16)12-10(6)15)9-3-7(14)8(21-9)5-20-22(17,18)19/h4,7-9,14H,2-3,5H2,1H3,(H,12,15,16)(H2,17,18,19)/t7?,8-,9-/m0/s1. The van der Waals surface area contributed by atoms with Crippen molar-refractivity contribution in [1.82, 2.24) is 9.55 Å². The van der Waals surface area contributed by atoms with Crippen LogP contribution in [0.4, 0.5) is 0 Å². The van der Waals surface area contributed by atoms with E-state index in [4.69, 9.17) is 14.5 Å². The van der Waals surface area contributed by atoms with Gasteiger partial charge in [0.05, 0.1) is 12.7 Å². The van der Waals surface area contributed by atoms with Crippen LogP contribution in [0.3, 0.4) is 0 Å². The van der Waals surface area contributed by atoms with E-state index in [1.54, 1.807) is 6.92 Å². The summed E-state index contributed by atoms with van der Waals surface area (Å²) in [5.41, 5.74) is -0.785. The Hall–Kier alpha value is -1.29. The number of nitrogens with one attached hydrogen (secondary N) is 1. The van der Waals surface area contributed by atoms with E-state index in [1.165, 1.54) is 6.20 Å². The molecule has 1 aliphatic heterocycles. The smallest absolute Gasteiger partial charge is 0.390 e. The fourth-order valence-corrected chi connectivity index (χ4v) is 2.54. The van der Waals surface area contributed by atoms with E-state index < -0.39 is 44.1 Å². The van der Waals surface area contributed by atoms with Crippen molar-refractivity contribution in [2.75, 3.05) is 6.61 Å². The third kappa shape index (κ3) is 3.92. The number of hydrogen-bond acceptors (Lipinski definition) is 6. The second-order valence-corrected chi connectivity index (χ2v) is 6.13. The summed E-state index contributed by atoms with van der Waals surface area (Å²) < 4.78 is 21.5. The number of aryl methyl sites for hydroxylation is 1. The fourth-order valence-electron chi connectivity index (χ4n) is 2.20. The zero-order chi connectivity index (χ0) is 16.5. The third-order valence-electron chi connectivity index (χ3n) is 3.34. The van der Waals surface area contributed by atoms with Crippen LogP contribution in [0.15, 0.2) is 15.8 Å². The quantitative estimate of drug-likeness (QED) is 0.492. The maximum Gasteiger partial charge on any atom is 0.469 e. The van der Waals surface area contributed by atoms with Crippen molar-refractivity contribution in [3.05, 3.63) is 32.6 Å². The number of nitrogens with zero attached hydrogens (tertiary/aromatic N) is 1. The van der Waals surface area contributed by atoms with Gasteiger partial charge in [-0.1, -0.05) is 6.92 Å². The molecule has 1 fully saturated rings. The molecule has 2 heterocycles. The summed E-state index contributed by atoms with van der Waals surface area (Å²) >= 11 is 0. The molecule has 3 atom stereocenters. The highest BCUT2D eigenvalue weighted by atomic mass is 31.2. The van der Waals surface area contributed by atoms with E-state index in [0.717, 1.165) is 4.57 Å². The van der Waals surface area contributed by atoms with Gasteiger partial charge in [-0.2, -0.15) is 0 Å². The average molecular weight is 336 g/mol. The number of aromatic amines is 1. The topological polar surface area (TPSA) is 151 Å². The molecule has 2 rings (SSSR count). The lowest BCUT2D eigenvalue weighted by atomic mass is 10.2. The number of ether oxygens (including phenoxy) is 1. The van der Waals surface area contributed by atoms with Crippen molar-refractivity contribution in [3.63, 3.8) is 0 Å². The van der Waals surface area contributed by atoms with Crippen LogP contribution in [0.1, 0.15) is 25.1 Å². The molecule has 1 aliphatic rings. The van der Waals surface area contributed by atoms with Gasteiger partial charge in [0.1, 0.15) is 12.3 Å². The van der Waals surface area contributed by atoms with Crippen molar-refractivity contribution < 1.29 is 28.7 Å². The minimum Gasteiger partial charge on any atom is -0.390 e. The Kier molecular flexibility index (Phi) is 5.00. The van der Waals surface area contributed by atoms with E-state index >= 15 is 0 Å². The van der Waals surface area contributed by atoms with Gasteiger partial charge in [-0.3, -0.25) is 18.9 Å². The Morgan fingerprint density at radius 3 is 2.77 bits per heavy atom. The zero-order valence-electron chi connectivity index (χ0n) is 11.7. The molecule has 10 nitrogen and oxygen atoms in total. The number of aromatic nitrogens is 2. The van der Waals surface area contributed by atoms with Gasteiger partial charge in [0.25, 0.3) is 5.56 Å². The molecule has 22 heavy (non-hydrogen) atoms. The molecule has 0 amide bonds. The van der Waals surface area contributed by atoms with Crippen LogP contribution >= 0.6 is 7.82 Å². The number of phosphoric ester groups is 1. The Balaban J connectivity index is 2.17. The molecule has 1 unspecified atom stereocenters. The highest BCUT2D eigenvalue weighted by molar-refractivity contribution is 7.46. The van der Waals surface area contributed by atoms with Gasteiger partial charge in [-0.25, -0.2) is 9.36 Å². The Bertz CT molecular complexity index is 692. The van der Waals surface area contributed by atoms with Crippen LogP contribution in [-0.4, -0.2) is 43.3 Å². The summed E-state index contributed by atoms with van der Waals surface area (Å²) in [6, 6.07) is 0. The normalized spacial score (nSPS) is 25.5. The highest BCUT2D eigenvalue weighted by Gasteiger charge is 2.37. The Morgan fingerprint density at radius 2 is 2.18 bits per heavy atom. The first kappa shape index (κ1) is 17.1. The molecule has 124 valence electrons. The van der Waals surface area contributed by atoms with Crippen molar-refractivity contribution in [2.24, 2.45) is 0 Å². The third-order valence-corrected chi connectivity index (χ3v) is 3.83. The SMILES string of the molecule is CCc1cn([C@@H]2CC(O)[C@H](COP(=O)(O)O)O2)c(=O)[nH]c1=O. The first-order valence-electron chi connectivity index (χ1n) is 6.59. The van der Waals surface area contributed by atoms with E-state index in [0.29, 0.717) is 12.0 Å². The molecule has 0 aliphatic carbocycles. The molecule has 1 aromatic rings. The van der Waals surface area contributed by atoms with Gasteiger partial charge >= 0.3 is 13.5 Å². The molecule has 11 heteroatoms. The molecular weight excluding hydrogens is 319 g/mol. The van der Waals surface area contributed by atoms with Gasteiger partial charge in [0, 0.05) is 18.2 Å². The minimum atomic E-state index is -4.67. The molecule has 1 aromatic heterocycles. The summed E-state index contributed by atoms with van der Waals surface area (Å²) in [6.07, 6.45) is -1.10. The maximum absolute atomic E-state index is 11.8. The molecular formula is C11H17N2O8P. The summed E-state index contributed by atoms with van der Waals surface area (Å²) in [4.78, 5) is 42.8. The number of aliphatic hydroxyl groups is 1. The fraction of sp³-hybridized carbons (Fsp3) is 0.636. The average Bonchev–Trinajstić information content (AvgIpc) is 2.77. The van der Waals surface area contributed by atoms with Gasteiger partial charge in [0.2, 0.25) is 0 Å². The van der Waals surface area contributed by atoms with Gasteiger partial charge in [-0.05, 0) is 6.42 Å². The van der Waals surface area contributed by atoms with Crippen molar-refractivity contribution in [2.45, 2.75) is 38.2 Å². The van der Waals surface area contributed by atoms with Gasteiger partial charge < -0.3 is 19.6 Å². The molecule has 0 saturated carbocycles. The largest absolute Gasteiger partial charge is 0.469 e. The van der Waals surface area contributed by atoms with Crippen LogP contribution in [0, 0.1) is 0 Å². The first-order valence-corrected chi connectivity index (χ1v) is 8.12. The highest BCUT2D eigenvalue weighted by Crippen LogP contribution is 2.38. The summed E-state index contributed by atoms with van der Waals surface area (Å²) in [6.45, 7) is 1.24. The van der Waals surface area contributed by atoms with E-state index in [1.807, 2.05) is 0 Å². The van der Waals surface area contributed by atoms with Gasteiger partial charge in [0.15, 0.2) is 0 Å².